The van der Waals surface area contributed by atoms with Gasteiger partial charge in [0.05, 0.1) is 0 Å². The van der Waals surface area contributed by atoms with Crippen LogP contribution in [0.15, 0.2) is 28.4 Å². The minimum Gasteiger partial charge on any atom is -0.456 e. The zero-order valence-electron chi connectivity index (χ0n) is 9.33. The molecule has 2 unspecified atom stereocenters. The maximum Gasteiger partial charge on any atom is 0.298 e. The summed E-state index contributed by atoms with van der Waals surface area (Å²) in [6, 6.07) is 3.24. The van der Waals surface area contributed by atoms with Gasteiger partial charge >= 0.3 is 0 Å². The van der Waals surface area contributed by atoms with E-state index in [-0.39, 0.29) is 25.1 Å². The molecule has 0 bridgehead atoms. The van der Waals surface area contributed by atoms with E-state index in [9.17, 15) is 9.59 Å². The smallest absolute Gasteiger partial charge is 0.298 e. The topological polar surface area (TPSA) is 78.3 Å². The molecule has 1 aromatic rings. The molecule has 3 heterocycles. The molecule has 3 rings (SSSR count). The highest BCUT2D eigenvalue weighted by atomic mass is 16.8. The number of hydrogen-bond donors (Lipinski definition) is 0. The Kier molecular flexibility index (Phi) is 2.53. The third kappa shape index (κ3) is 1.85. The van der Waals surface area contributed by atoms with Gasteiger partial charge in [-0.1, -0.05) is 0 Å². The van der Waals surface area contributed by atoms with Crippen molar-refractivity contribution in [3.8, 4) is 0 Å². The van der Waals surface area contributed by atoms with E-state index in [0.29, 0.717) is 24.1 Å². The molecule has 94 valence electrons. The van der Waals surface area contributed by atoms with Gasteiger partial charge in [0.15, 0.2) is 24.4 Å². The molecule has 1 fully saturated rings. The SMILES string of the molecule is O=Cc1ccc(COCC2=CC3OC3(C=O)O2)o1. The van der Waals surface area contributed by atoms with Crippen LogP contribution >= 0.6 is 0 Å². The van der Waals surface area contributed by atoms with Gasteiger partial charge in [-0.25, -0.2) is 0 Å². The number of aldehydes is 2. The van der Waals surface area contributed by atoms with Gasteiger partial charge in [0.1, 0.15) is 24.7 Å². The number of furan rings is 1. The van der Waals surface area contributed by atoms with Crippen molar-refractivity contribution < 1.29 is 28.2 Å². The maximum absolute atomic E-state index is 10.7. The Bertz CT molecular complexity index is 516. The third-order valence-corrected chi connectivity index (χ3v) is 2.73. The standard InChI is InChI=1S/C12H10O6/c13-4-8-1-2-9(16-8)5-15-6-10-3-11-12(7-14,17-10)18-11/h1-4,7,11H,5-6H2. The number of epoxide rings is 1. The van der Waals surface area contributed by atoms with Crippen molar-refractivity contribution in [3.63, 3.8) is 0 Å². The van der Waals surface area contributed by atoms with Gasteiger partial charge in [-0.15, -0.1) is 0 Å². The first kappa shape index (κ1) is 11.2. The Balaban J connectivity index is 1.47. The van der Waals surface area contributed by atoms with Gasteiger partial charge in [0.2, 0.25) is 0 Å². The van der Waals surface area contributed by atoms with Crippen molar-refractivity contribution in [2.75, 3.05) is 6.61 Å². The zero-order chi connectivity index (χ0) is 12.6. The summed E-state index contributed by atoms with van der Waals surface area (Å²) >= 11 is 0. The van der Waals surface area contributed by atoms with E-state index < -0.39 is 5.79 Å². The van der Waals surface area contributed by atoms with Crippen molar-refractivity contribution in [2.45, 2.75) is 18.5 Å². The van der Waals surface area contributed by atoms with E-state index in [0.717, 1.165) is 0 Å². The summed E-state index contributed by atoms with van der Waals surface area (Å²) in [5.41, 5.74) is 0. The molecule has 0 radical (unpaired) electrons. The number of hydrogen-bond acceptors (Lipinski definition) is 6. The van der Waals surface area contributed by atoms with Crippen molar-refractivity contribution in [1.29, 1.82) is 0 Å². The van der Waals surface area contributed by atoms with Gasteiger partial charge in [-0.05, 0) is 18.2 Å². The quantitative estimate of drug-likeness (QED) is 0.549. The van der Waals surface area contributed by atoms with Crippen LogP contribution in [0.4, 0.5) is 0 Å². The molecule has 2 aliphatic heterocycles. The summed E-state index contributed by atoms with van der Waals surface area (Å²) in [6.45, 7) is 0.459. The number of ether oxygens (including phenoxy) is 3. The monoisotopic (exact) mass is 250 g/mol. The van der Waals surface area contributed by atoms with Crippen LogP contribution in [0.5, 0.6) is 0 Å². The second kappa shape index (κ2) is 4.08. The summed E-state index contributed by atoms with van der Waals surface area (Å²) in [6.07, 6.45) is 2.71. The average Bonchev–Trinajstić information content (AvgIpc) is 2.78. The highest BCUT2D eigenvalue weighted by Gasteiger charge is 2.63. The van der Waals surface area contributed by atoms with Crippen LogP contribution in [-0.2, 0) is 25.6 Å². The Hall–Kier alpha value is -1.92. The molecule has 0 spiro atoms. The third-order valence-electron chi connectivity index (χ3n) is 2.73. The fourth-order valence-electron chi connectivity index (χ4n) is 1.79. The van der Waals surface area contributed by atoms with Gasteiger partial charge in [-0.3, -0.25) is 9.59 Å². The van der Waals surface area contributed by atoms with Gasteiger partial charge < -0.3 is 18.6 Å². The highest BCUT2D eigenvalue weighted by Crippen LogP contribution is 2.44. The molecule has 1 saturated heterocycles. The van der Waals surface area contributed by atoms with Gasteiger partial charge in [-0.2, -0.15) is 0 Å². The number of fused-ring (bicyclic) bond motifs is 1. The Morgan fingerprint density at radius 3 is 2.89 bits per heavy atom. The molecular weight excluding hydrogens is 240 g/mol. The zero-order valence-corrected chi connectivity index (χ0v) is 9.33. The first-order valence-corrected chi connectivity index (χ1v) is 5.41. The fourth-order valence-corrected chi connectivity index (χ4v) is 1.79. The Morgan fingerprint density at radius 1 is 1.33 bits per heavy atom. The minimum absolute atomic E-state index is 0.229. The first-order chi connectivity index (χ1) is 8.75. The molecule has 18 heavy (non-hydrogen) atoms. The lowest BCUT2D eigenvalue weighted by atomic mass is 10.3. The summed E-state index contributed by atoms with van der Waals surface area (Å²) < 4.78 is 20.8. The van der Waals surface area contributed by atoms with E-state index in [2.05, 4.69) is 0 Å². The summed E-state index contributed by atoms with van der Waals surface area (Å²) in [7, 11) is 0. The molecule has 2 aliphatic rings. The summed E-state index contributed by atoms with van der Waals surface area (Å²) in [4.78, 5) is 21.1. The molecular formula is C12H10O6. The van der Waals surface area contributed by atoms with Crippen LogP contribution < -0.4 is 0 Å². The minimum atomic E-state index is -1.09. The fraction of sp³-hybridized carbons (Fsp3) is 0.333. The van der Waals surface area contributed by atoms with E-state index in [1.54, 1.807) is 18.2 Å². The molecule has 6 heteroatoms. The molecule has 0 aromatic carbocycles. The van der Waals surface area contributed by atoms with Crippen molar-refractivity contribution in [1.82, 2.24) is 0 Å². The molecule has 2 atom stereocenters. The van der Waals surface area contributed by atoms with E-state index in [4.69, 9.17) is 18.6 Å². The first-order valence-electron chi connectivity index (χ1n) is 5.41. The number of carbonyl (C=O) groups excluding carboxylic acids is 2. The summed E-state index contributed by atoms with van der Waals surface area (Å²) in [5.74, 6) is 0.302. The van der Waals surface area contributed by atoms with Crippen molar-refractivity contribution in [2.24, 2.45) is 0 Å². The van der Waals surface area contributed by atoms with Crippen LogP contribution in [0, 0.1) is 0 Å². The normalized spacial score (nSPS) is 28.2. The average molecular weight is 250 g/mol. The van der Waals surface area contributed by atoms with Crippen LogP contribution in [0.2, 0.25) is 0 Å². The number of carbonyl (C=O) groups is 2. The van der Waals surface area contributed by atoms with Gasteiger partial charge in [0.25, 0.3) is 5.79 Å². The second-order valence-electron chi connectivity index (χ2n) is 4.03. The predicted octanol–water partition coefficient (Wildman–Crippen LogP) is 0.817. The molecule has 0 saturated carbocycles. The molecule has 6 nitrogen and oxygen atoms in total. The highest BCUT2D eigenvalue weighted by molar-refractivity contribution is 5.70. The summed E-state index contributed by atoms with van der Waals surface area (Å²) in [5, 5.41) is 0. The molecule has 0 amide bonds. The van der Waals surface area contributed by atoms with Gasteiger partial charge in [0, 0.05) is 0 Å². The molecule has 0 aliphatic carbocycles. The Labute approximate surface area is 102 Å². The molecule has 1 aromatic heterocycles. The maximum atomic E-state index is 10.7. The van der Waals surface area contributed by atoms with Crippen LogP contribution in [-0.4, -0.2) is 31.1 Å². The van der Waals surface area contributed by atoms with E-state index >= 15 is 0 Å². The Morgan fingerprint density at radius 2 is 2.22 bits per heavy atom. The van der Waals surface area contributed by atoms with Crippen LogP contribution in [0.25, 0.3) is 0 Å². The van der Waals surface area contributed by atoms with Crippen LogP contribution in [0.1, 0.15) is 16.3 Å². The lowest BCUT2D eigenvalue weighted by molar-refractivity contribution is -0.126. The van der Waals surface area contributed by atoms with Crippen molar-refractivity contribution in [3.05, 3.63) is 35.5 Å². The lowest BCUT2D eigenvalue weighted by Gasteiger charge is -2.08. The van der Waals surface area contributed by atoms with E-state index in [1.165, 1.54) is 0 Å². The van der Waals surface area contributed by atoms with Crippen molar-refractivity contribution >= 4 is 12.6 Å². The largest absolute Gasteiger partial charge is 0.456 e. The second-order valence-corrected chi connectivity index (χ2v) is 4.03. The number of rotatable bonds is 6. The lowest BCUT2D eigenvalue weighted by Crippen LogP contribution is -2.17. The van der Waals surface area contributed by atoms with Crippen LogP contribution in [0.3, 0.4) is 0 Å². The van der Waals surface area contributed by atoms with E-state index in [1.807, 2.05) is 0 Å². The predicted molar refractivity (Wildman–Crippen MR) is 56.6 cm³/mol. The molecule has 0 N–H and O–H groups in total.